The predicted molar refractivity (Wildman–Crippen MR) is 188 cm³/mol. The molecule has 3 aromatic rings. The van der Waals surface area contributed by atoms with Crippen molar-refractivity contribution >= 4 is 41.1 Å². The van der Waals surface area contributed by atoms with Gasteiger partial charge >= 0.3 is 0 Å². The van der Waals surface area contributed by atoms with Crippen LogP contribution < -0.4 is 20.2 Å². The van der Waals surface area contributed by atoms with Crippen LogP contribution in [0, 0.1) is 6.92 Å². The van der Waals surface area contributed by atoms with Gasteiger partial charge in [-0.2, -0.15) is 5.10 Å². The van der Waals surface area contributed by atoms with Crippen molar-refractivity contribution in [1.82, 2.24) is 29.7 Å². The van der Waals surface area contributed by atoms with Crippen LogP contribution in [0.4, 0.5) is 0 Å². The van der Waals surface area contributed by atoms with E-state index >= 15 is 0 Å². The Bertz CT molecular complexity index is 1580. The van der Waals surface area contributed by atoms with E-state index < -0.39 is 6.10 Å². The van der Waals surface area contributed by atoms with E-state index in [9.17, 15) is 19.2 Å². The number of hydrogen-bond donors (Lipinski definition) is 3. The summed E-state index contributed by atoms with van der Waals surface area (Å²) >= 11 is 1.52. The minimum absolute atomic E-state index is 0.00605. The van der Waals surface area contributed by atoms with E-state index in [1.54, 1.807) is 47.9 Å². The second-order valence-corrected chi connectivity index (χ2v) is 13.3. The highest BCUT2D eigenvalue weighted by molar-refractivity contribution is 7.98. The topological polar surface area (TPSA) is 148 Å². The number of benzene rings is 1. The van der Waals surface area contributed by atoms with Crippen LogP contribution in [0.25, 0.3) is 16.7 Å². The van der Waals surface area contributed by atoms with Crippen LogP contribution in [0.2, 0.25) is 0 Å². The molecular formula is C35H48N6O6S. The standard InChI is InChI=1S/C17H28N2O3.C14H13N3O2.C4H7NOS/c1-3-4-5-6-12-22-13(2)17(21)19-11-7-8-15(19)16(20)18-14-9-10-14;1-9-5-6-17(16-9)14-8-13(18)11-4-3-10(19-2)7-12(11)15-14;6-3-5-7-4-1-2-4/h3,13-15H,1,4-12H2,2H3,(H,18,20);3-8H,1-2H3,(H,15,18);3-4H,1-2H2,(H,5,6)/t13-,15?;;/m1../s1. The number of aromatic nitrogens is 3. The van der Waals surface area contributed by atoms with Gasteiger partial charge in [-0.15, -0.1) is 6.58 Å². The highest BCUT2D eigenvalue weighted by atomic mass is 32.2. The van der Waals surface area contributed by atoms with E-state index in [0.29, 0.717) is 36.1 Å². The quantitative estimate of drug-likeness (QED) is 0.0970. The molecule has 0 radical (unpaired) electrons. The van der Waals surface area contributed by atoms with Gasteiger partial charge in [0.1, 0.15) is 23.7 Å². The molecule has 13 heteroatoms. The molecular weight excluding hydrogens is 632 g/mol. The number of pyridine rings is 1. The van der Waals surface area contributed by atoms with Crippen LogP contribution in [0.1, 0.15) is 70.4 Å². The Hall–Kier alpha value is -4.10. The van der Waals surface area contributed by atoms with Crippen LogP contribution in [-0.4, -0.2) is 81.6 Å². The minimum Gasteiger partial charge on any atom is -0.497 e. The maximum Gasteiger partial charge on any atom is 0.252 e. The number of unbranched alkanes of at least 4 members (excludes halogenated alkanes) is 2. The number of carbonyl (C=O) groups is 3. The number of rotatable bonds is 14. The summed E-state index contributed by atoms with van der Waals surface area (Å²) in [6.07, 6.45) is 13.2. The van der Waals surface area contributed by atoms with E-state index in [4.69, 9.17) is 9.47 Å². The Kier molecular flexibility index (Phi) is 14.1. The zero-order valence-corrected chi connectivity index (χ0v) is 28.9. The Balaban J connectivity index is 0.000000182. The zero-order chi connectivity index (χ0) is 34.5. The normalized spacial score (nSPS) is 17.3. The summed E-state index contributed by atoms with van der Waals surface area (Å²) in [6.45, 7) is 8.60. The lowest BCUT2D eigenvalue weighted by atomic mass is 10.2. The van der Waals surface area contributed by atoms with Crippen LogP contribution in [0.5, 0.6) is 5.75 Å². The molecule has 1 unspecified atom stereocenters. The number of nitrogens with zero attached hydrogens (tertiary/aromatic N) is 3. The molecule has 0 spiro atoms. The summed E-state index contributed by atoms with van der Waals surface area (Å²) in [5.74, 6) is 1.29. The molecule has 2 saturated carbocycles. The second-order valence-electron chi connectivity index (χ2n) is 12.2. The molecule has 2 aromatic heterocycles. The summed E-state index contributed by atoms with van der Waals surface area (Å²) in [6, 6.07) is 8.79. The number of nitrogens with one attached hydrogen (secondary N) is 3. The van der Waals surface area contributed by atoms with E-state index in [1.807, 2.05) is 25.3 Å². The molecule has 12 nitrogen and oxygen atoms in total. The van der Waals surface area contributed by atoms with Crippen molar-refractivity contribution in [2.24, 2.45) is 0 Å². The Labute approximate surface area is 286 Å². The third kappa shape index (κ3) is 11.3. The van der Waals surface area contributed by atoms with Gasteiger partial charge in [0, 0.05) is 48.2 Å². The van der Waals surface area contributed by atoms with Crippen molar-refractivity contribution < 1.29 is 23.9 Å². The highest BCUT2D eigenvalue weighted by Crippen LogP contribution is 2.31. The SMILES string of the molecule is C=CCCCCO[C@H](C)C(=O)N1CCCC1C(=O)NC1CC1.COc1ccc2c(=O)cc(-n3ccc(C)n3)[nH]c2c1.O=CNSC1CC1. The maximum absolute atomic E-state index is 12.5. The molecule has 1 saturated heterocycles. The fourth-order valence-corrected chi connectivity index (χ4v) is 5.73. The van der Waals surface area contributed by atoms with Gasteiger partial charge in [0.25, 0.3) is 5.91 Å². The van der Waals surface area contributed by atoms with Crippen LogP contribution in [0.15, 0.2) is 54.0 Å². The van der Waals surface area contributed by atoms with Crippen molar-refractivity contribution in [1.29, 1.82) is 0 Å². The first-order valence-corrected chi connectivity index (χ1v) is 17.5. The van der Waals surface area contributed by atoms with Crippen LogP contribution in [0.3, 0.4) is 0 Å². The minimum atomic E-state index is -0.474. The van der Waals surface area contributed by atoms with Gasteiger partial charge < -0.3 is 29.4 Å². The number of ether oxygens (including phenoxy) is 2. The summed E-state index contributed by atoms with van der Waals surface area (Å²) in [7, 11) is 1.60. The number of methoxy groups -OCH3 is 1. The van der Waals surface area contributed by atoms with Gasteiger partial charge in [0.15, 0.2) is 5.43 Å². The molecule has 2 aliphatic carbocycles. The summed E-state index contributed by atoms with van der Waals surface area (Å²) in [5, 5.41) is 8.65. The lowest BCUT2D eigenvalue weighted by molar-refractivity contribution is -0.147. The van der Waals surface area contributed by atoms with Gasteiger partial charge in [0.2, 0.25) is 12.3 Å². The molecule has 3 N–H and O–H groups in total. The van der Waals surface area contributed by atoms with Gasteiger partial charge in [-0.1, -0.05) is 6.08 Å². The van der Waals surface area contributed by atoms with Crippen molar-refractivity contribution in [3.8, 4) is 11.6 Å². The number of fused-ring (bicyclic) bond motifs is 1. The average molecular weight is 681 g/mol. The summed E-state index contributed by atoms with van der Waals surface area (Å²) in [4.78, 5) is 51.3. The van der Waals surface area contributed by atoms with Crippen molar-refractivity contribution in [2.75, 3.05) is 20.3 Å². The third-order valence-electron chi connectivity index (χ3n) is 8.08. The molecule has 1 aliphatic heterocycles. The van der Waals surface area contributed by atoms with E-state index in [2.05, 4.69) is 26.7 Å². The third-order valence-corrected chi connectivity index (χ3v) is 9.12. The molecule has 6 rings (SSSR count). The number of allylic oxidation sites excluding steroid dienone is 1. The fourth-order valence-electron chi connectivity index (χ4n) is 5.11. The number of hydrogen-bond acceptors (Lipinski definition) is 8. The second kappa shape index (κ2) is 18.4. The van der Waals surface area contributed by atoms with E-state index in [0.717, 1.165) is 67.8 Å². The molecule has 48 heavy (non-hydrogen) atoms. The van der Waals surface area contributed by atoms with Gasteiger partial charge in [0.05, 0.1) is 18.3 Å². The summed E-state index contributed by atoms with van der Waals surface area (Å²) < 4.78 is 15.0. The molecule has 0 bridgehead atoms. The molecule has 260 valence electrons. The van der Waals surface area contributed by atoms with Crippen molar-refractivity contribution in [3.05, 3.63) is 65.1 Å². The molecule has 3 fully saturated rings. The molecule has 3 aliphatic rings. The number of aryl methyl sites for hydroxylation is 1. The average Bonchev–Trinajstić information content (AvgIpc) is 4.00. The maximum atomic E-state index is 12.5. The van der Waals surface area contributed by atoms with E-state index in [-0.39, 0.29) is 23.3 Å². The largest absolute Gasteiger partial charge is 0.497 e. The Morgan fingerprint density at radius 3 is 2.60 bits per heavy atom. The van der Waals surface area contributed by atoms with Crippen LogP contribution in [-0.2, 0) is 19.1 Å². The lowest BCUT2D eigenvalue weighted by Crippen LogP contribution is -2.49. The molecule has 2 atom stereocenters. The number of H-pyrrole nitrogens is 1. The number of amides is 3. The first-order valence-electron chi connectivity index (χ1n) is 16.7. The first kappa shape index (κ1) is 36.7. The Morgan fingerprint density at radius 1 is 1.17 bits per heavy atom. The number of carbonyl (C=O) groups excluding carboxylic acids is 3. The van der Waals surface area contributed by atoms with Crippen molar-refractivity contribution in [2.45, 2.75) is 95.1 Å². The predicted octanol–water partition coefficient (Wildman–Crippen LogP) is 4.59. The molecule has 1 aromatic carbocycles. The number of aromatic amines is 1. The van der Waals surface area contributed by atoms with Gasteiger partial charge in [-0.3, -0.25) is 19.2 Å². The zero-order valence-electron chi connectivity index (χ0n) is 28.1. The van der Waals surface area contributed by atoms with Gasteiger partial charge in [-0.05, 0) is 102 Å². The van der Waals surface area contributed by atoms with Crippen LogP contribution >= 0.6 is 11.9 Å². The summed E-state index contributed by atoms with van der Waals surface area (Å²) in [5.41, 5.74) is 1.58. The molecule has 3 amide bonds. The lowest BCUT2D eigenvalue weighted by Gasteiger charge is -2.26. The Morgan fingerprint density at radius 2 is 1.96 bits per heavy atom. The number of likely N-dealkylation sites (tertiary alicyclic amines) is 1. The monoisotopic (exact) mass is 680 g/mol. The smallest absolute Gasteiger partial charge is 0.252 e. The van der Waals surface area contributed by atoms with E-state index in [1.165, 1.54) is 24.8 Å². The highest BCUT2D eigenvalue weighted by Gasteiger charge is 2.38. The van der Waals surface area contributed by atoms with Crippen molar-refractivity contribution in [3.63, 3.8) is 0 Å². The molecule has 3 heterocycles. The first-order chi connectivity index (χ1) is 23.2. The van der Waals surface area contributed by atoms with Gasteiger partial charge in [-0.25, -0.2) is 4.68 Å². The fraction of sp³-hybridized carbons (Fsp3) is 0.514.